The third-order valence-electron chi connectivity index (χ3n) is 4.43. The minimum absolute atomic E-state index is 0.204. The molecule has 1 heterocycles. The third kappa shape index (κ3) is 4.19. The fourth-order valence-corrected chi connectivity index (χ4v) is 2.98. The van der Waals surface area contributed by atoms with Crippen molar-refractivity contribution < 1.29 is 13.9 Å². The van der Waals surface area contributed by atoms with Gasteiger partial charge in [-0.1, -0.05) is 24.3 Å². The molecule has 3 rings (SSSR count). The zero-order valence-corrected chi connectivity index (χ0v) is 14.5. The highest BCUT2D eigenvalue weighted by Crippen LogP contribution is 2.23. The van der Waals surface area contributed by atoms with E-state index in [0.29, 0.717) is 25.3 Å². The summed E-state index contributed by atoms with van der Waals surface area (Å²) in [7, 11) is 0. The summed E-state index contributed by atoms with van der Waals surface area (Å²) in [6.45, 7) is 3.11. The van der Waals surface area contributed by atoms with Gasteiger partial charge in [-0.25, -0.2) is 9.18 Å². The number of benzene rings is 2. The van der Waals surface area contributed by atoms with Crippen LogP contribution in [-0.2, 0) is 4.74 Å². The lowest BCUT2D eigenvalue weighted by molar-refractivity contribution is -0.0158. The molecule has 134 valence electrons. The molecule has 2 unspecified atom stereocenters. The van der Waals surface area contributed by atoms with Crippen molar-refractivity contribution in [2.75, 3.05) is 19.7 Å². The van der Waals surface area contributed by atoms with Crippen molar-refractivity contribution in [1.82, 2.24) is 10.2 Å². The first-order chi connectivity index (χ1) is 12.6. The molecule has 0 aliphatic carbocycles. The topological polar surface area (TPSA) is 65.4 Å². The lowest BCUT2D eigenvalue weighted by Crippen LogP contribution is -2.47. The highest BCUT2D eigenvalue weighted by molar-refractivity contribution is 5.75. The number of nitrogens with zero attached hydrogens (tertiary/aromatic N) is 2. The molecular weight excluding hydrogens is 333 g/mol. The minimum atomic E-state index is -0.345. The average molecular weight is 353 g/mol. The number of nitrogens with one attached hydrogen (secondary N) is 1. The summed E-state index contributed by atoms with van der Waals surface area (Å²) in [4.78, 5) is 14.3. The Labute approximate surface area is 152 Å². The van der Waals surface area contributed by atoms with Crippen LogP contribution in [0.4, 0.5) is 9.18 Å². The molecule has 1 saturated heterocycles. The first kappa shape index (κ1) is 17.9. The van der Waals surface area contributed by atoms with Gasteiger partial charge in [-0.15, -0.1) is 0 Å². The van der Waals surface area contributed by atoms with E-state index in [1.54, 1.807) is 35.2 Å². The molecule has 1 aliphatic heterocycles. The monoisotopic (exact) mass is 353 g/mol. The van der Waals surface area contributed by atoms with Crippen molar-refractivity contribution in [3.63, 3.8) is 0 Å². The van der Waals surface area contributed by atoms with Gasteiger partial charge in [0.2, 0.25) is 0 Å². The molecule has 26 heavy (non-hydrogen) atoms. The van der Waals surface area contributed by atoms with Gasteiger partial charge in [0.05, 0.1) is 30.8 Å². The van der Waals surface area contributed by atoms with Crippen LogP contribution >= 0.6 is 0 Å². The van der Waals surface area contributed by atoms with Crippen LogP contribution in [0.2, 0.25) is 0 Å². The zero-order chi connectivity index (χ0) is 18.5. The van der Waals surface area contributed by atoms with Crippen LogP contribution in [0.15, 0.2) is 48.5 Å². The first-order valence-corrected chi connectivity index (χ1v) is 8.49. The molecular formula is C20H20FN3O2. The highest BCUT2D eigenvalue weighted by atomic mass is 19.1. The number of hydrogen-bond donors (Lipinski definition) is 1. The molecule has 0 radical (unpaired) electrons. The molecule has 2 amide bonds. The lowest BCUT2D eigenvalue weighted by atomic mass is 10.1. The van der Waals surface area contributed by atoms with Gasteiger partial charge in [-0.3, -0.25) is 0 Å². The third-order valence-corrected chi connectivity index (χ3v) is 4.43. The molecule has 2 aromatic rings. The average Bonchev–Trinajstić information content (AvgIpc) is 2.68. The van der Waals surface area contributed by atoms with E-state index >= 15 is 0 Å². The summed E-state index contributed by atoms with van der Waals surface area (Å²) in [6, 6.07) is 15.1. The number of hydrogen-bond acceptors (Lipinski definition) is 3. The maximum atomic E-state index is 13.4. The Morgan fingerprint density at radius 2 is 2.15 bits per heavy atom. The molecule has 2 atom stereocenters. The van der Waals surface area contributed by atoms with Crippen molar-refractivity contribution in [3.8, 4) is 6.07 Å². The standard InChI is InChI=1S/C20H20FN3O2/c1-14(16-5-2-4-15(10-16)12-22)23-20(25)24-8-9-26-19(13-24)17-6-3-7-18(21)11-17/h2-7,10-11,14,19H,8-9,13H2,1H3,(H,23,25). The molecule has 1 aliphatic rings. The quantitative estimate of drug-likeness (QED) is 0.918. The number of urea groups is 1. The van der Waals surface area contributed by atoms with E-state index in [1.807, 2.05) is 13.0 Å². The normalized spacial score (nSPS) is 18.0. The van der Waals surface area contributed by atoms with Crippen LogP contribution in [-0.4, -0.2) is 30.6 Å². The number of ether oxygens (including phenoxy) is 1. The van der Waals surface area contributed by atoms with Gasteiger partial charge in [0.15, 0.2) is 0 Å². The van der Waals surface area contributed by atoms with Crippen LogP contribution in [0, 0.1) is 17.1 Å². The van der Waals surface area contributed by atoms with Crippen LogP contribution in [0.3, 0.4) is 0 Å². The molecule has 1 fully saturated rings. The van der Waals surface area contributed by atoms with Gasteiger partial charge in [-0.05, 0) is 42.3 Å². The Morgan fingerprint density at radius 1 is 1.35 bits per heavy atom. The Morgan fingerprint density at radius 3 is 2.92 bits per heavy atom. The van der Waals surface area contributed by atoms with E-state index < -0.39 is 0 Å². The van der Waals surface area contributed by atoms with Crippen LogP contribution in [0.1, 0.15) is 35.8 Å². The second-order valence-electron chi connectivity index (χ2n) is 6.27. The van der Waals surface area contributed by atoms with E-state index in [2.05, 4.69) is 11.4 Å². The van der Waals surface area contributed by atoms with Gasteiger partial charge in [-0.2, -0.15) is 5.26 Å². The van der Waals surface area contributed by atoms with Crippen LogP contribution in [0.5, 0.6) is 0 Å². The molecule has 6 heteroatoms. The summed E-state index contributed by atoms with van der Waals surface area (Å²) in [6.07, 6.45) is -0.345. The van der Waals surface area contributed by atoms with E-state index in [0.717, 1.165) is 11.1 Å². The van der Waals surface area contributed by atoms with E-state index in [1.165, 1.54) is 12.1 Å². The number of amides is 2. The first-order valence-electron chi connectivity index (χ1n) is 8.49. The number of halogens is 1. The Kier molecular flexibility index (Phi) is 5.49. The SMILES string of the molecule is CC(NC(=O)N1CCOC(c2cccc(F)c2)C1)c1cccc(C#N)c1. The maximum absolute atomic E-state index is 13.4. The molecule has 5 nitrogen and oxygen atoms in total. The van der Waals surface area contributed by atoms with E-state index in [4.69, 9.17) is 10.00 Å². The summed E-state index contributed by atoms with van der Waals surface area (Å²) < 4.78 is 19.1. The predicted molar refractivity (Wildman–Crippen MR) is 94.8 cm³/mol. The van der Waals surface area contributed by atoms with Crippen LogP contribution in [0.25, 0.3) is 0 Å². The summed E-state index contributed by atoms with van der Waals surface area (Å²) in [5, 5.41) is 11.9. The van der Waals surface area contributed by atoms with Gasteiger partial charge in [0, 0.05) is 6.54 Å². The molecule has 0 bridgehead atoms. The Balaban J connectivity index is 1.64. The molecule has 0 aromatic heterocycles. The Hall–Kier alpha value is -2.91. The van der Waals surface area contributed by atoms with Crippen molar-refractivity contribution in [2.45, 2.75) is 19.1 Å². The second kappa shape index (κ2) is 7.98. The summed E-state index contributed by atoms with van der Waals surface area (Å²) in [5.41, 5.74) is 2.14. The van der Waals surface area contributed by atoms with Crippen LogP contribution < -0.4 is 5.32 Å². The smallest absolute Gasteiger partial charge is 0.318 e. The molecule has 1 N–H and O–H groups in total. The number of carbonyl (C=O) groups excluding carboxylic acids is 1. The largest absolute Gasteiger partial charge is 0.370 e. The molecule has 0 spiro atoms. The fourth-order valence-electron chi connectivity index (χ4n) is 2.98. The van der Waals surface area contributed by atoms with Gasteiger partial charge < -0.3 is 15.0 Å². The van der Waals surface area contributed by atoms with Gasteiger partial charge in [0.25, 0.3) is 0 Å². The number of rotatable bonds is 3. The fraction of sp³-hybridized carbons (Fsp3) is 0.300. The van der Waals surface area contributed by atoms with Gasteiger partial charge >= 0.3 is 6.03 Å². The summed E-state index contributed by atoms with van der Waals surface area (Å²) >= 11 is 0. The maximum Gasteiger partial charge on any atom is 0.318 e. The number of carbonyl (C=O) groups is 1. The van der Waals surface area contributed by atoms with E-state index in [-0.39, 0.29) is 24.0 Å². The Bertz CT molecular complexity index is 834. The van der Waals surface area contributed by atoms with Crippen molar-refractivity contribution in [2.24, 2.45) is 0 Å². The molecule has 0 saturated carbocycles. The minimum Gasteiger partial charge on any atom is -0.370 e. The number of nitriles is 1. The predicted octanol–water partition coefficient (Wildman–Crippen LogP) is 3.54. The molecule has 2 aromatic carbocycles. The highest BCUT2D eigenvalue weighted by Gasteiger charge is 2.26. The number of morpholine rings is 1. The lowest BCUT2D eigenvalue weighted by Gasteiger charge is -2.34. The zero-order valence-electron chi connectivity index (χ0n) is 14.5. The van der Waals surface area contributed by atoms with Crippen molar-refractivity contribution in [3.05, 3.63) is 71.0 Å². The second-order valence-corrected chi connectivity index (χ2v) is 6.27. The summed E-state index contributed by atoms with van der Waals surface area (Å²) in [5.74, 6) is -0.321. The van der Waals surface area contributed by atoms with Crippen molar-refractivity contribution >= 4 is 6.03 Å². The van der Waals surface area contributed by atoms with E-state index in [9.17, 15) is 9.18 Å². The van der Waals surface area contributed by atoms with Gasteiger partial charge in [0.1, 0.15) is 11.9 Å². The van der Waals surface area contributed by atoms with Crippen molar-refractivity contribution in [1.29, 1.82) is 5.26 Å².